The van der Waals surface area contributed by atoms with E-state index in [9.17, 15) is 19.2 Å². The summed E-state index contributed by atoms with van der Waals surface area (Å²) in [4.78, 5) is 44.0. The van der Waals surface area contributed by atoms with Crippen molar-refractivity contribution in [3.05, 3.63) is 0 Å². The first kappa shape index (κ1) is 17.7. The van der Waals surface area contributed by atoms with Crippen LogP contribution < -0.4 is 21.7 Å². The summed E-state index contributed by atoms with van der Waals surface area (Å²) >= 11 is 0. The van der Waals surface area contributed by atoms with Gasteiger partial charge in [-0.15, -0.1) is 0 Å². The summed E-state index contributed by atoms with van der Waals surface area (Å²) in [6.45, 7) is 3.66. The van der Waals surface area contributed by atoms with Gasteiger partial charge >= 0.3 is 12.0 Å². The number of carboxylic acid groups (broad SMARTS) is 1. The van der Waals surface area contributed by atoms with Crippen LogP contribution in [0, 0.1) is 0 Å². The summed E-state index contributed by atoms with van der Waals surface area (Å²) in [6.07, 6.45) is -0.435. The van der Waals surface area contributed by atoms with Crippen LogP contribution in [0.4, 0.5) is 4.79 Å². The molecule has 1 unspecified atom stereocenters. The number of amides is 4. The molecule has 1 atom stereocenters. The fraction of sp³-hybridized carbons (Fsp3) is 0.636. The highest BCUT2D eigenvalue weighted by atomic mass is 16.4. The molecule has 0 radical (unpaired) electrons. The van der Waals surface area contributed by atoms with Crippen LogP contribution in [0.1, 0.15) is 26.7 Å². The number of carbonyl (C=O) groups excluding carboxylic acids is 3. The van der Waals surface area contributed by atoms with Gasteiger partial charge in [-0.3, -0.25) is 9.59 Å². The molecule has 6 N–H and O–H groups in total. The van der Waals surface area contributed by atoms with Gasteiger partial charge in [0, 0.05) is 19.0 Å². The summed E-state index contributed by atoms with van der Waals surface area (Å²) in [5.74, 6) is -2.43. The maximum atomic E-state index is 11.4. The molecular formula is C11H20N4O5. The van der Waals surface area contributed by atoms with E-state index >= 15 is 0 Å². The Kier molecular flexibility index (Phi) is 7.71. The van der Waals surface area contributed by atoms with Crippen molar-refractivity contribution < 1.29 is 24.3 Å². The highest BCUT2D eigenvalue weighted by Crippen LogP contribution is 1.91. The van der Waals surface area contributed by atoms with Crippen LogP contribution in [-0.4, -0.2) is 47.5 Å². The van der Waals surface area contributed by atoms with E-state index in [-0.39, 0.29) is 24.9 Å². The summed E-state index contributed by atoms with van der Waals surface area (Å²) < 4.78 is 0. The fourth-order valence-corrected chi connectivity index (χ4v) is 1.29. The van der Waals surface area contributed by atoms with Crippen molar-refractivity contribution in [3.8, 4) is 0 Å². The third-order valence-electron chi connectivity index (χ3n) is 2.10. The zero-order valence-electron chi connectivity index (χ0n) is 11.4. The first-order valence-electron chi connectivity index (χ1n) is 6.07. The van der Waals surface area contributed by atoms with E-state index < -0.39 is 30.4 Å². The van der Waals surface area contributed by atoms with Crippen molar-refractivity contribution in [2.24, 2.45) is 5.73 Å². The molecule has 0 saturated heterocycles. The topological polar surface area (TPSA) is 151 Å². The minimum atomic E-state index is -1.39. The number of nitrogens with two attached hydrogens (primary N) is 1. The van der Waals surface area contributed by atoms with Gasteiger partial charge in [0.1, 0.15) is 6.04 Å². The van der Waals surface area contributed by atoms with Crippen molar-refractivity contribution in [3.63, 3.8) is 0 Å². The lowest BCUT2D eigenvalue weighted by molar-refractivity contribution is -0.140. The Bertz CT molecular complexity index is 383. The number of carboxylic acids is 1. The van der Waals surface area contributed by atoms with E-state index in [2.05, 4.69) is 16.0 Å². The largest absolute Gasteiger partial charge is 0.480 e. The van der Waals surface area contributed by atoms with Gasteiger partial charge in [0.15, 0.2) is 0 Å². The third kappa shape index (κ3) is 8.72. The van der Waals surface area contributed by atoms with Crippen LogP contribution in [0.2, 0.25) is 0 Å². The van der Waals surface area contributed by atoms with E-state index in [4.69, 9.17) is 10.8 Å². The van der Waals surface area contributed by atoms with E-state index in [1.807, 2.05) is 0 Å². The number of hydrogen-bond donors (Lipinski definition) is 5. The van der Waals surface area contributed by atoms with Crippen LogP contribution >= 0.6 is 0 Å². The van der Waals surface area contributed by atoms with Gasteiger partial charge in [0.25, 0.3) is 0 Å². The second kappa shape index (κ2) is 8.73. The van der Waals surface area contributed by atoms with Crippen LogP contribution in [-0.2, 0) is 14.4 Å². The quantitative estimate of drug-likeness (QED) is 0.369. The number of hydrogen-bond acceptors (Lipinski definition) is 4. The second-order valence-electron chi connectivity index (χ2n) is 4.43. The molecule has 0 aromatic carbocycles. The van der Waals surface area contributed by atoms with Gasteiger partial charge in [0.05, 0.1) is 6.42 Å². The van der Waals surface area contributed by atoms with E-state index in [0.717, 1.165) is 0 Å². The molecule has 0 fully saturated rings. The van der Waals surface area contributed by atoms with Crippen LogP contribution in [0.25, 0.3) is 0 Å². The molecule has 0 aliphatic rings. The van der Waals surface area contributed by atoms with Crippen molar-refractivity contribution in [2.75, 3.05) is 6.54 Å². The van der Waals surface area contributed by atoms with Crippen molar-refractivity contribution in [1.82, 2.24) is 16.0 Å². The number of primary amides is 1. The number of nitrogens with one attached hydrogen (secondary N) is 3. The monoisotopic (exact) mass is 288 g/mol. The molecule has 114 valence electrons. The third-order valence-corrected chi connectivity index (χ3v) is 2.10. The van der Waals surface area contributed by atoms with Gasteiger partial charge in [-0.1, -0.05) is 0 Å². The first-order chi connectivity index (χ1) is 9.22. The van der Waals surface area contributed by atoms with Crippen LogP contribution in [0.15, 0.2) is 0 Å². The van der Waals surface area contributed by atoms with Gasteiger partial charge in [-0.25, -0.2) is 9.59 Å². The Labute approximate surface area is 116 Å². The maximum absolute atomic E-state index is 11.4. The lowest BCUT2D eigenvalue weighted by atomic mass is 10.2. The molecule has 0 aromatic rings. The summed E-state index contributed by atoms with van der Waals surface area (Å²) in [5, 5.41) is 15.8. The van der Waals surface area contributed by atoms with Crippen LogP contribution in [0.5, 0.6) is 0 Å². The number of rotatable bonds is 8. The second-order valence-corrected chi connectivity index (χ2v) is 4.43. The lowest BCUT2D eigenvalue weighted by Gasteiger charge is -2.14. The Balaban J connectivity index is 4.05. The molecule has 0 aliphatic heterocycles. The summed E-state index contributed by atoms with van der Waals surface area (Å²) in [6, 6.07) is -2.17. The standard InChI is InChI=1S/C11H20N4O5/c1-6(2)14-9(17)3-4-13-11(20)15-7(10(18)19)5-8(12)16/h6-7H,3-5H2,1-2H3,(H2,12,16)(H,14,17)(H,18,19)(H2,13,15,20). The normalized spacial score (nSPS) is 11.6. The molecule has 4 amide bonds. The van der Waals surface area contributed by atoms with Gasteiger partial charge in [-0.05, 0) is 13.8 Å². The molecule has 0 aliphatic carbocycles. The first-order valence-corrected chi connectivity index (χ1v) is 6.07. The minimum absolute atomic E-state index is 0.00304. The highest BCUT2D eigenvalue weighted by Gasteiger charge is 2.21. The Morgan fingerprint density at radius 1 is 1.15 bits per heavy atom. The predicted octanol–water partition coefficient (Wildman–Crippen LogP) is -1.47. The van der Waals surface area contributed by atoms with E-state index in [1.165, 1.54) is 0 Å². The van der Waals surface area contributed by atoms with Crippen molar-refractivity contribution in [2.45, 2.75) is 38.8 Å². The molecule has 20 heavy (non-hydrogen) atoms. The fourth-order valence-electron chi connectivity index (χ4n) is 1.29. The van der Waals surface area contributed by atoms with Gasteiger partial charge < -0.3 is 26.8 Å². The maximum Gasteiger partial charge on any atom is 0.326 e. The Hall–Kier alpha value is -2.32. The molecular weight excluding hydrogens is 268 g/mol. The highest BCUT2D eigenvalue weighted by molar-refractivity contribution is 5.87. The van der Waals surface area contributed by atoms with Gasteiger partial charge in [-0.2, -0.15) is 0 Å². The van der Waals surface area contributed by atoms with Gasteiger partial charge in [0.2, 0.25) is 11.8 Å². The summed E-state index contributed by atoms with van der Waals surface area (Å²) in [5.41, 5.74) is 4.87. The number of urea groups is 1. The molecule has 0 saturated carbocycles. The lowest BCUT2D eigenvalue weighted by Crippen LogP contribution is -2.48. The zero-order valence-corrected chi connectivity index (χ0v) is 11.4. The number of carbonyl (C=O) groups is 4. The molecule has 0 spiro atoms. The Morgan fingerprint density at radius 3 is 2.20 bits per heavy atom. The van der Waals surface area contributed by atoms with E-state index in [1.54, 1.807) is 13.8 Å². The molecule has 9 heteroatoms. The predicted molar refractivity (Wildman–Crippen MR) is 69.7 cm³/mol. The molecule has 0 aromatic heterocycles. The van der Waals surface area contributed by atoms with Crippen molar-refractivity contribution >= 4 is 23.8 Å². The molecule has 0 bridgehead atoms. The Morgan fingerprint density at radius 2 is 1.75 bits per heavy atom. The average molecular weight is 288 g/mol. The molecule has 0 rings (SSSR count). The van der Waals surface area contributed by atoms with E-state index in [0.29, 0.717) is 0 Å². The smallest absolute Gasteiger partial charge is 0.326 e. The molecule has 9 nitrogen and oxygen atoms in total. The summed E-state index contributed by atoms with van der Waals surface area (Å²) in [7, 11) is 0. The SMILES string of the molecule is CC(C)NC(=O)CCNC(=O)NC(CC(N)=O)C(=O)O. The average Bonchev–Trinajstić information content (AvgIpc) is 2.26. The minimum Gasteiger partial charge on any atom is -0.480 e. The zero-order chi connectivity index (χ0) is 15.7. The number of aliphatic carboxylic acids is 1. The molecule has 0 heterocycles. The van der Waals surface area contributed by atoms with Crippen LogP contribution in [0.3, 0.4) is 0 Å². The van der Waals surface area contributed by atoms with Crippen molar-refractivity contribution in [1.29, 1.82) is 0 Å².